The Morgan fingerprint density at radius 2 is 2.33 bits per heavy atom. The standard InChI is InChI=1S/C11H12FIN2O2S/c12-8-4-10(11(15(16)17)5-9(8)13)14-7-2-1-3-18-6-7/h4-5,7,14H,1-3,6H2. The highest BCUT2D eigenvalue weighted by atomic mass is 127. The average Bonchev–Trinajstić information content (AvgIpc) is 2.34. The van der Waals surface area contributed by atoms with Crippen LogP contribution in [0.15, 0.2) is 12.1 Å². The van der Waals surface area contributed by atoms with Gasteiger partial charge in [0.1, 0.15) is 11.5 Å². The molecular weight excluding hydrogens is 370 g/mol. The summed E-state index contributed by atoms with van der Waals surface area (Å²) in [5, 5.41) is 14.1. The van der Waals surface area contributed by atoms with Crippen LogP contribution < -0.4 is 5.32 Å². The summed E-state index contributed by atoms with van der Waals surface area (Å²) in [5.74, 6) is 1.61. The molecule has 1 unspecified atom stereocenters. The molecule has 0 aliphatic carbocycles. The fraction of sp³-hybridized carbons (Fsp3) is 0.455. The Morgan fingerprint density at radius 1 is 1.56 bits per heavy atom. The second-order valence-electron chi connectivity index (χ2n) is 4.10. The number of nitro groups is 1. The summed E-state index contributed by atoms with van der Waals surface area (Å²) in [5.41, 5.74) is 0.224. The minimum Gasteiger partial charge on any atom is -0.376 e. The highest BCUT2D eigenvalue weighted by Crippen LogP contribution is 2.31. The van der Waals surface area contributed by atoms with E-state index in [1.54, 1.807) is 22.6 Å². The smallest absolute Gasteiger partial charge is 0.293 e. The van der Waals surface area contributed by atoms with Crippen molar-refractivity contribution >= 4 is 45.7 Å². The monoisotopic (exact) mass is 382 g/mol. The fourth-order valence-corrected chi connectivity index (χ4v) is 3.40. The van der Waals surface area contributed by atoms with Crippen molar-refractivity contribution in [2.75, 3.05) is 16.8 Å². The molecule has 0 saturated carbocycles. The van der Waals surface area contributed by atoms with E-state index in [-0.39, 0.29) is 21.0 Å². The summed E-state index contributed by atoms with van der Waals surface area (Å²) in [6.07, 6.45) is 2.06. The number of nitrogens with one attached hydrogen (secondary N) is 1. The molecule has 1 aliphatic rings. The van der Waals surface area contributed by atoms with Crippen LogP contribution in [0.4, 0.5) is 15.8 Å². The second-order valence-corrected chi connectivity index (χ2v) is 6.41. The quantitative estimate of drug-likeness (QED) is 0.493. The van der Waals surface area contributed by atoms with E-state index in [2.05, 4.69) is 5.32 Å². The number of anilines is 1. The van der Waals surface area contributed by atoms with Crippen molar-refractivity contribution in [1.82, 2.24) is 0 Å². The molecule has 2 rings (SSSR count). The van der Waals surface area contributed by atoms with Crippen LogP contribution in [-0.2, 0) is 0 Å². The first-order valence-corrected chi connectivity index (χ1v) is 7.79. The highest BCUT2D eigenvalue weighted by Gasteiger charge is 2.21. The molecule has 0 aromatic heterocycles. The van der Waals surface area contributed by atoms with Crippen molar-refractivity contribution in [3.63, 3.8) is 0 Å². The molecule has 0 bridgehead atoms. The van der Waals surface area contributed by atoms with Gasteiger partial charge in [0, 0.05) is 23.9 Å². The number of rotatable bonds is 3. The normalized spacial score (nSPS) is 19.6. The molecule has 1 atom stereocenters. The number of benzene rings is 1. The van der Waals surface area contributed by atoms with Gasteiger partial charge in [0.05, 0.1) is 8.49 Å². The van der Waals surface area contributed by atoms with Crippen LogP contribution in [0.1, 0.15) is 12.8 Å². The molecule has 18 heavy (non-hydrogen) atoms. The van der Waals surface area contributed by atoms with Crippen molar-refractivity contribution in [3.8, 4) is 0 Å². The third-order valence-corrected chi connectivity index (χ3v) is 4.80. The highest BCUT2D eigenvalue weighted by molar-refractivity contribution is 14.1. The predicted molar refractivity (Wildman–Crippen MR) is 79.7 cm³/mol. The average molecular weight is 382 g/mol. The zero-order valence-electron chi connectivity index (χ0n) is 9.49. The van der Waals surface area contributed by atoms with Gasteiger partial charge in [-0.25, -0.2) is 4.39 Å². The Balaban J connectivity index is 2.24. The number of nitrogens with zero attached hydrogens (tertiary/aromatic N) is 1. The van der Waals surface area contributed by atoms with Crippen LogP contribution >= 0.6 is 34.4 Å². The van der Waals surface area contributed by atoms with Gasteiger partial charge in [-0.3, -0.25) is 10.1 Å². The molecule has 1 fully saturated rings. The van der Waals surface area contributed by atoms with Gasteiger partial charge in [-0.1, -0.05) is 0 Å². The molecular formula is C11H12FIN2O2S. The number of hydrogen-bond acceptors (Lipinski definition) is 4. The zero-order valence-corrected chi connectivity index (χ0v) is 12.5. The van der Waals surface area contributed by atoms with Crippen LogP contribution in [0, 0.1) is 19.5 Å². The van der Waals surface area contributed by atoms with Gasteiger partial charge in [0.15, 0.2) is 0 Å². The van der Waals surface area contributed by atoms with Crippen molar-refractivity contribution < 1.29 is 9.31 Å². The lowest BCUT2D eigenvalue weighted by Gasteiger charge is -2.23. The first-order chi connectivity index (χ1) is 8.58. The van der Waals surface area contributed by atoms with Gasteiger partial charge in [0.2, 0.25) is 0 Å². The maximum atomic E-state index is 13.5. The third-order valence-electron chi connectivity index (χ3n) is 2.76. The minimum atomic E-state index is -0.472. The van der Waals surface area contributed by atoms with Crippen molar-refractivity contribution in [2.45, 2.75) is 18.9 Å². The maximum Gasteiger partial charge on any atom is 0.293 e. The summed E-state index contributed by atoms with van der Waals surface area (Å²) in [4.78, 5) is 10.5. The van der Waals surface area contributed by atoms with Gasteiger partial charge < -0.3 is 5.32 Å². The van der Waals surface area contributed by atoms with Crippen LogP contribution in [0.5, 0.6) is 0 Å². The Bertz CT molecular complexity index is 467. The predicted octanol–water partition coefficient (Wildman–Crippen LogP) is 3.65. The lowest BCUT2D eigenvalue weighted by molar-refractivity contribution is -0.384. The summed E-state index contributed by atoms with van der Waals surface area (Å²) in [6.45, 7) is 0. The summed E-state index contributed by atoms with van der Waals surface area (Å²) >= 11 is 3.58. The van der Waals surface area contributed by atoms with Crippen LogP contribution in [0.3, 0.4) is 0 Å². The number of halogens is 2. The Morgan fingerprint density at radius 3 is 2.94 bits per heavy atom. The van der Waals surface area contributed by atoms with Crippen molar-refractivity contribution in [1.29, 1.82) is 0 Å². The summed E-state index contributed by atoms with van der Waals surface area (Å²) in [6, 6.07) is 2.68. The van der Waals surface area contributed by atoms with E-state index in [4.69, 9.17) is 0 Å². The van der Waals surface area contributed by atoms with Crippen molar-refractivity contribution in [3.05, 3.63) is 31.6 Å². The van der Waals surface area contributed by atoms with Gasteiger partial charge in [-0.2, -0.15) is 11.8 Å². The topological polar surface area (TPSA) is 55.2 Å². The van der Waals surface area contributed by atoms with Gasteiger partial charge in [-0.15, -0.1) is 0 Å². The Labute approximate surface area is 122 Å². The Kier molecular flexibility index (Phi) is 4.66. The maximum absolute atomic E-state index is 13.5. The number of nitro benzene ring substituents is 1. The molecule has 4 nitrogen and oxygen atoms in total. The van der Waals surface area contributed by atoms with E-state index in [9.17, 15) is 14.5 Å². The molecule has 7 heteroatoms. The van der Waals surface area contributed by atoms with Gasteiger partial charge >= 0.3 is 0 Å². The molecule has 1 aromatic carbocycles. The number of hydrogen-bond donors (Lipinski definition) is 1. The third kappa shape index (κ3) is 3.25. The summed E-state index contributed by atoms with van der Waals surface area (Å²) in [7, 11) is 0. The molecule has 0 amide bonds. The molecule has 0 spiro atoms. The summed E-state index contributed by atoms with van der Waals surface area (Å²) < 4.78 is 13.8. The molecule has 0 radical (unpaired) electrons. The molecule has 98 valence electrons. The van der Waals surface area contributed by atoms with Crippen LogP contribution in [0.25, 0.3) is 0 Å². The van der Waals surface area contributed by atoms with Gasteiger partial charge in [0.25, 0.3) is 5.69 Å². The fourth-order valence-electron chi connectivity index (χ4n) is 1.88. The first-order valence-electron chi connectivity index (χ1n) is 5.55. The van der Waals surface area contributed by atoms with E-state index in [1.165, 1.54) is 12.1 Å². The van der Waals surface area contributed by atoms with E-state index >= 15 is 0 Å². The lowest BCUT2D eigenvalue weighted by atomic mass is 10.1. The van der Waals surface area contributed by atoms with Crippen LogP contribution in [-0.4, -0.2) is 22.5 Å². The van der Waals surface area contributed by atoms with Gasteiger partial charge in [-0.05, 0) is 41.2 Å². The Hall–Kier alpha value is -0.570. The van der Waals surface area contributed by atoms with E-state index in [0.29, 0.717) is 0 Å². The number of thioether (sulfide) groups is 1. The molecule has 1 heterocycles. The molecule has 1 N–H and O–H groups in total. The SMILES string of the molecule is O=[N+]([O-])c1cc(I)c(F)cc1NC1CCCSC1. The molecule has 1 saturated heterocycles. The second kappa shape index (κ2) is 6.05. The van der Waals surface area contributed by atoms with Crippen molar-refractivity contribution in [2.24, 2.45) is 0 Å². The van der Waals surface area contributed by atoms with E-state index in [1.807, 2.05) is 11.8 Å². The molecule has 1 aromatic rings. The van der Waals surface area contributed by atoms with E-state index < -0.39 is 10.7 Å². The first kappa shape index (κ1) is 13.9. The lowest BCUT2D eigenvalue weighted by Crippen LogP contribution is -2.26. The minimum absolute atomic E-state index is 0.0589. The largest absolute Gasteiger partial charge is 0.376 e. The van der Waals surface area contributed by atoms with Crippen LogP contribution in [0.2, 0.25) is 0 Å². The van der Waals surface area contributed by atoms with E-state index in [0.717, 1.165) is 24.3 Å². The molecule has 1 aliphatic heterocycles. The zero-order chi connectivity index (χ0) is 13.1.